The Morgan fingerprint density at radius 1 is 0.222 bits per heavy atom. The Labute approximate surface area is 417 Å². The maximum Gasteiger partial charge on any atom is 0.164 e. The van der Waals surface area contributed by atoms with Crippen molar-refractivity contribution in [2.75, 3.05) is 0 Å². The molecule has 0 spiro atoms. The van der Waals surface area contributed by atoms with Crippen LogP contribution >= 0.6 is 0 Å². The molecular weight excluding hydrogens is 873 g/mol. The summed E-state index contributed by atoms with van der Waals surface area (Å²) in [6.45, 7) is 0. The fourth-order valence-corrected chi connectivity index (χ4v) is 10.2. The summed E-state index contributed by atoms with van der Waals surface area (Å²) in [5, 5.41) is 20.3. The monoisotopic (exact) mass is 914 g/mol. The highest BCUT2D eigenvalue weighted by molar-refractivity contribution is 6.25. The lowest BCUT2D eigenvalue weighted by atomic mass is 9.91. The zero-order valence-corrected chi connectivity index (χ0v) is 39.0. The highest BCUT2D eigenvalue weighted by Crippen LogP contribution is 2.39. The average Bonchev–Trinajstić information content (AvgIpc) is 3.47. The van der Waals surface area contributed by atoms with Crippen LogP contribution in [0.4, 0.5) is 0 Å². The zero-order chi connectivity index (χ0) is 48.0. The van der Waals surface area contributed by atoms with Gasteiger partial charge in [0.25, 0.3) is 0 Å². The van der Waals surface area contributed by atoms with Crippen molar-refractivity contribution in [2.24, 2.45) is 0 Å². The molecule has 0 radical (unpaired) electrons. The number of hydrogen-bond donors (Lipinski definition) is 0. The van der Waals surface area contributed by atoms with E-state index in [-0.39, 0.29) is 0 Å². The predicted molar refractivity (Wildman–Crippen MR) is 298 cm³/mol. The minimum atomic E-state index is 0.582. The second-order valence-electron chi connectivity index (χ2n) is 18.3. The molecule has 0 N–H and O–H groups in total. The summed E-state index contributed by atoms with van der Waals surface area (Å²) in [4.78, 5) is 15.0. The molecular formula is C68H42N4. The molecule has 0 aliphatic carbocycles. The second kappa shape index (κ2) is 17.9. The number of fused-ring (bicyclic) bond motifs is 7. The smallest absolute Gasteiger partial charge is 0.164 e. The molecule has 0 saturated heterocycles. The predicted octanol–water partition coefficient (Wildman–Crippen LogP) is 17.7. The van der Waals surface area contributed by atoms with E-state index < -0.39 is 0 Å². The van der Waals surface area contributed by atoms with E-state index in [1.165, 1.54) is 48.7 Å². The Bertz CT molecular complexity index is 4230. The first-order valence-electron chi connectivity index (χ1n) is 24.2. The van der Waals surface area contributed by atoms with Gasteiger partial charge in [0.2, 0.25) is 0 Å². The van der Waals surface area contributed by atoms with Gasteiger partial charge in [0.1, 0.15) is 0 Å². The fraction of sp³-hybridized carbons (Fsp3) is 0. The van der Waals surface area contributed by atoms with Crippen molar-refractivity contribution in [3.63, 3.8) is 0 Å². The van der Waals surface area contributed by atoms with E-state index >= 15 is 0 Å². The molecule has 1 heterocycles. The van der Waals surface area contributed by atoms with Gasteiger partial charge in [-0.25, -0.2) is 15.0 Å². The van der Waals surface area contributed by atoms with Crippen molar-refractivity contribution >= 4 is 43.1 Å². The van der Waals surface area contributed by atoms with Crippen LogP contribution in [-0.2, 0) is 0 Å². The van der Waals surface area contributed by atoms with E-state index in [9.17, 15) is 5.26 Å². The molecule has 13 rings (SSSR count). The molecule has 0 saturated carbocycles. The standard InChI is InChI=1S/C68H42N4/c69-43-44-36-58(41-59(37-44)55-19-11-17-53(40-55)52-16-10-18-54(39-52)57-34-35-64-62-22-7-6-20-60(62)61-21-8-9-23-63(61)65(64)42-57)47-26-31-50(32-27-47)68-71-66(48-13-2-1-3-14-48)70-67(72-68)49-29-24-46(25-30-49)56-33-28-45-12-4-5-15-51(45)38-56/h1-42H. The molecule has 13 aromatic rings. The Morgan fingerprint density at radius 2 is 0.569 bits per heavy atom. The highest BCUT2D eigenvalue weighted by Gasteiger charge is 2.15. The SMILES string of the molecule is N#Cc1cc(-c2ccc(-c3nc(-c4ccccc4)nc(-c4ccc(-c5ccc6ccccc6c5)cc4)n3)cc2)cc(-c2cccc(-c3cccc(-c4ccc5c6ccccc6c6ccccc6c5c4)c3)c2)c1. The Morgan fingerprint density at radius 3 is 1.12 bits per heavy atom. The van der Waals surface area contributed by atoms with Gasteiger partial charge >= 0.3 is 0 Å². The van der Waals surface area contributed by atoms with Gasteiger partial charge in [-0.15, -0.1) is 0 Å². The highest BCUT2D eigenvalue weighted by atomic mass is 15.0. The van der Waals surface area contributed by atoms with Crippen molar-refractivity contribution in [3.05, 3.63) is 260 Å². The third-order valence-corrected chi connectivity index (χ3v) is 13.9. The number of benzene rings is 12. The maximum absolute atomic E-state index is 10.3. The lowest BCUT2D eigenvalue weighted by Crippen LogP contribution is -2.00. The van der Waals surface area contributed by atoms with Crippen LogP contribution in [0.15, 0.2) is 255 Å². The van der Waals surface area contributed by atoms with E-state index in [0.717, 1.165) is 66.8 Å². The molecule has 72 heavy (non-hydrogen) atoms. The van der Waals surface area contributed by atoms with Crippen LogP contribution in [0.2, 0.25) is 0 Å². The normalized spacial score (nSPS) is 11.3. The Kier molecular flexibility index (Phi) is 10.5. The minimum absolute atomic E-state index is 0.582. The van der Waals surface area contributed by atoms with E-state index in [0.29, 0.717) is 23.0 Å². The van der Waals surface area contributed by atoms with Gasteiger partial charge < -0.3 is 0 Å². The number of aromatic nitrogens is 3. The van der Waals surface area contributed by atoms with Gasteiger partial charge in [-0.05, 0) is 141 Å². The fourth-order valence-electron chi connectivity index (χ4n) is 10.2. The molecule has 4 nitrogen and oxygen atoms in total. The molecule has 4 heteroatoms. The number of nitriles is 1. The first-order chi connectivity index (χ1) is 35.6. The summed E-state index contributed by atoms with van der Waals surface area (Å²) in [5.74, 6) is 1.79. The van der Waals surface area contributed by atoms with Gasteiger partial charge in [0, 0.05) is 16.7 Å². The molecule has 12 aromatic carbocycles. The Hall–Kier alpha value is -9.82. The maximum atomic E-state index is 10.3. The van der Waals surface area contributed by atoms with Crippen LogP contribution in [0.3, 0.4) is 0 Å². The molecule has 0 aliphatic heterocycles. The molecule has 0 unspecified atom stereocenters. The molecule has 1 aromatic heterocycles. The van der Waals surface area contributed by atoms with Crippen molar-refractivity contribution in [2.45, 2.75) is 0 Å². The van der Waals surface area contributed by atoms with Crippen LogP contribution in [0.25, 0.3) is 133 Å². The molecule has 0 bridgehead atoms. The van der Waals surface area contributed by atoms with Gasteiger partial charge in [0.05, 0.1) is 11.6 Å². The zero-order valence-electron chi connectivity index (χ0n) is 39.0. The summed E-state index contributed by atoms with van der Waals surface area (Å²) >= 11 is 0. The quantitative estimate of drug-likeness (QED) is 0.143. The molecule has 0 atom stereocenters. The van der Waals surface area contributed by atoms with Crippen LogP contribution in [0, 0.1) is 11.3 Å². The van der Waals surface area contributed by atoms with E-state index in [1.54, 1.807) is 0 Å². The van der Waals surface area contributed by atoms with E-state index in [2.05, 4.69) is 218 Å². The first kappa shape index (κ1) is 42.3. The lowest BCUT2D eigenvalue weighted by Gasteiger charge is -2.13. The number of hydrogen-bond acceptors (Lipinski definition) is 4. The summed E-state index contributed by atoms with van der Waals surface area (Å²) in [5.41, 5.74) is 14.1. The third-order valence-electron chi connectivity index (χ3n) is 13.9. The van der Waals surface area contributed by atoms with Gasteiger partial charge in [-0.3, -0.25) is 0 Å². The topological polar surface area (TPSA) is 62.5 Å². The lowest BCUT2D eigenvalue weighted by molar-refractivity contribution is 1.07. The van der Waals surface area contributed by atoms with Gasteiger partial charge in [-0.2, -0.15) is 5.26 Å². The van der Waals surface area contributed by atoms with Crippen molar-refractivity contribution in [1.82, 2.24) is 15.0 Å². The largest absolute Gasteiger partial charge is 0.208 e. The summed E-state index contributed by atoms with van der Waals surface area (Å²) in [6, 6.07) is 92.0. The molecule has 0 aliphatic rings. The number of nitrogens with zero attached hydrogens (tertiary/aromatic N) is 4. The number of rotatable bonds is 8. The van der Waals surface area contributed by atoms with Crippen LogP contribution in [0.1, 0.15) is 5.56 Å². The van der Waals surface area contributed by atoms with Crippen molar-refractivity contribution in [3.8, 4) is 95.9 Å². The van der Waals surface area contributed by atoms with Crippen LogP contribution in [-0.4, -0.2) is 15.0 Å². The summed E-state index contributed by atoms with van der Waals surface area (Å²) in [7, 11) is 0. The summed E-state index contributed by atoms with van der Waals surface area (Å²) < 4.78 is 0. The van der Waals surface area contributed by atoms with Crippen LogP contribution < -0.4 is 0 Å². The first-order valence-corrected chi connectivity index (χ1v) is 24.2. The molecule has 0 fully saturated rings. The second-order valence-corrected chi connectivity index (χ2v) is 18.3. The van der Waals surface area contributed by atoms with E-state index in [4.69, 9.17) is 15.0 Å². The van der Waals surface area contributed by atoms with E-state index in [1.807, 2.05) is 42.5 Å². The van der Waals surface area contributed by atoms with Crippen molar-refractivity contribution in [1.29, 1.82) is 5.26 Å². The third kappa shape index (κ3) is 7.92. The van der Waals surface area contributed by atoms with Crippen molar-refractivity contribution < 1.29 is 0 Å². The minimum Gasteiger partial charge on any atom is -0.208 e. The Balaban J connectivity index is 0.806. The van der Waals surface area contributed by atoms with Gasteiger partial charge in [-0.1, -0.05) is 212 Å². The molecule has 0 amide bonds. The summed E-state index contributed by atoms with van der Waals surface area (Å²) in [6.07, 6.45) is 0. The average molecular weight is 915 g/mol. The molecule has 334 valence electrons. The van der Waals surface area contributed by atoms with Crippen LogP contribution in [0.5, 0.6) is 0 Å². The van der Waals surface area contributed by atoms with Gasteiger partial charge in [0.15, 0.2) is 17.5 Å².